The predicted molar refractivity (Wildman–Crippen MR) is 73.1 cm³/mol. The first-order chi connectivity index (χ1) is 10.1. The molecular weight excluding hydrogens is 276 g/mol. The smallest absolute Gasteiger partial charge is 0.408 e. The zero-order valence-corrected chi connectivity index (χ0v) is 11.2. The molecule has 1 fully saturated rings. The van der Waals surface area contributed by atoms with Crippen LogP contribution in [0.15, 0.2) is 30.3 Å². The van der Waals surface area contributed by atoms with Gasteiger partial charge in [-0.25, -0.2) is 9.59 Å². The van der Waals surface area contributed by atoms with Gasteiger partial charge in [0, 0.05) is 6.54 Å². The van der Waals surface area contributed by atoms with E-state index in [1.165, 1.54) is 0 Å². The van der Waals surface area contributed by atoms with E-state index in [4.69, 9.17) is 10.5 Å². The highest BCUT2D eigenvalue weighted by Gasteiger charge is 2.40. The van der Waals surface area contributed by atoms with E-state index in [9.17, 15) is 14.4 Å². The maximum Gasteiger partial charge on any atom is 0.408 e. The number of hydrogen-bond acceptors (Lipinski definition) is 4. The molecule has 4 amide bonds. The Labute approximate surface area is 121 Å². The van der Waals surface area contributed by atoms with Crippen LogP contribution in [0.5, 0.6) is 0 Å². The van der Waals surface area contributed by atoms with E-state index in [1.807, 2.05) is 30.3 Å². The van der Waals surface area contributed by atoms with Gasteiger partial charge in [0.2, 0.25) is 5.91 Å². The Morgan fingerprint density at radius 2 is 2.00 bits per heavy atom. The lowest BCUT2D eigenvalue weighted by atomic mass is 9.99. The molecule has 112 valence electrons. The summed E-state index contributed by atoms with van der Waals surface area (Å²) < 4.78 is 5.01. The van der Waals surface area contributed by atoms with Crippen molar-refractivity contribution in [1.29, 1.82) is 0 Å². The molecule has 1 aromatic rings. The first-order valence-corrected chi connectivity index (χ1v) is 6.37. The molecule has 0 saturated carbocycles. The van der Waals surface area contributed by atoms with Gasteiger partial charge < -0.3 is 26.4 Å². The van der Waals surface area contributed by atoms with Crippen LogP contribution in [0.2, 0.25) is 0 Å². The SMILES string of the molecule is NC(=O)NCC1NC(=O)C1NC(=O)OCc1ccccc1. The van der Waals surface area contributed by atoms with E-state index in [2.05, 4.69) is 16.0 Å². The van der Waals surface area contributed by atoms with Gasteiger partial charge in [0.05, 0.1) is 6.04 Å². The Hall–Kier alpha value is -2.77. The van der Waals surface area contributed by atoms with Crippen LogP contribution < -0.4 is 21.7 Å². The van der Waals surface area contributed by atoms with Crippen molar-refractivity contribution >= 4 is 18.0 Å². The van der Waals surface area contributed by atoms with E-state index >= 15 is 0 Å². The van der Waals surface area contributed by atoms with Gasteiger partial charge in [0.1, 0.15) is 12.6 Å². The van der Waals surface area contributed by atoms with Crippen molar-refractivity contribution in [2.75, 3.05) is 6.54 Å². The summed E-state index contributed by atoms with van der Waals surface area (Å²) >= 11 is 0. The number of benzene rings is 1. The Kier molecular flexibility index (Phi) is 4.60. The number of nitrogens with one attached hydrogen (secondary N) is 3. The topological polar surface area (TPSA) is 123 Å². The molecule has 0 bridgehead atoms. The maximum atomic E-state index is 11.6. The number of ether oxygens (including phenoxy) is 1. The fourth-order valence-electron chi connectivity index (χ4n) is 1.88. The molecule has 0 aliphatic carbocycles. The second-order valence-corrected chi connectivity index (χ2v) is 4.54. The lowest BCUT2D eigenvalue weighted by Gasteiger charge is -2.36. The third-order valence-corrected chi connectivity index (χ3v) is 2.99. The number of urea groups is 1. The van der Waals surface area contributed by atoms with Crippen LogP contribution in [0.1, 0.15) is 5.56 Å². The van der Waals surface area contributed by atoms with Crippen molar-refractivity contribution in [3.05, 3.63) is 35.9 Å². The van der Waals surface area contributed by atoms with Gasteiger partial charge in [0.15, 0.2) is 0 Å². The van der Waals surface area contributed by atoms with E-state index in [0.29, 0.717) is 0 Å². The molecule has 1 saturated heterocycles. The number of carbonyl (C=O) groups excluding carboxylic acids is 3. The van der Waals surface area contributed by atoms with Crippen LogP contribution in [0.25, 0.3) is 0 Å². The summed E-state index contributed by atoms with van der Waals surface area (Å²) in [5.41, 5.74) is 5.78. The van der Waals surface area contributed by atoms with Crippen LogP contribution in [-0.2, 0) is 16.1 Å². The lowest BCUT2D eigenvalue weighted by molar-refractivity contribution is -0.131. The van der Waals surface area contributed by atoms with E-state index in [-0.39, 0.29) is 19.1 Å². The molecule has 5 N–H and O–H groups in total. The molecule has 1 heterocycles. The van der Waals surface area contributed by atoms with Crippen molar-refractivity contribution < 1.29 is 19.1 Å². The second-order valence-electron chi connectivity index (χ2n) is 4.54. The van der Waals surface area contributed by atoms with Crippen LogP contribution in [0.4, 0.5) is 9.59 Å². The molecule has 2 unspecified atom stereocenters. The summed E-state index contributed by atoms with van der Waals surface area (Å²) in [5.74, 6) is -0.331. The summed E-state index contributed by atoms with van der Waals surface area (Å²) in [7, 11) is 0. The van der Waals surface area contributed by atoms with Crippen LogP contribution in [0.3, 0.4) is 0 Å². The first-order valence-electron chi connectivity index (χ1n) is 6.37. The predicted octanol–water partition coefficient (Wildman–Crippen LogP) is -0.552. The fourth-order valence-corrected chi connectivity index (χ4v) is 1.88. The second kappa shape index (κ2) is 6.60. The monoisotopic (exact) mass is 292 g/mol. The van der Waals surface area contributed by atoms with Crippen molar-refractivity contribution in [2.45, 2.75) is 18.7 Å². The number of amides is 4. The minimum absolute atomic E-state index is 0.116. The highest BCUT2D eigenvalue weighted by atomic mass is 16.5. The van der Waals surface area contributed by atoms with Crippen LogP contribution in [0, 0.1) is 0 Å². The van der Waals surface area contributed by atoms with E-state index in [0.717, 1.165) is 5.56 Å². The molecule has 21 heavy (non-hydrogen) atoms. The van der Waals surface area contributed by atoms with E-state index < -0.39 is 24.2 Å². The van der Waals surface area contributed by atoms with Gasteiger partial charge in [-0.05, 0) is 5.56 Å². The fraction of sp³-hybridized carbons (Fsp3) is 0.308. The summed E-state index contributed by atoms with van der Waals surface area (Å²) in [5, 5.41) is 7.35. The summed E-state index contributed by atoms with van der Waals surface area (Å²) in [6.07, 6.45) is -0.692. The number of alkyl carbamates (subject to hydrolysis) is 1. The summed E-state index contributed by atoms with van der Waals surface area (Å²) in [6, 6.07) is 7.35. The molecule has 1 aromatic carbocycles. The largest absolute Gasteiger partial charge is 0.445 e. The zero-order chi connectivity index (χ0) is 15.2. The van der Waals surface area contributed by atoms with Crippen molar-refractivity contribution in [2.24, 2.45) is 5.73 Å². The maximum absolute atomic E-state index is 11.6. The normalized spacial score (nSPS) is 19.9. The number of β-lactam (4-membered cyclic amide) rings is 1. The average Bonchev–Trinajstić information content (AvgIpc) is 2.47. The highest BCUT2D eigenvalue weighted by molar-refractivity contribution is 5.92. The van der Waals surface area contributed by atoms with E-state index in [1.54, 1.807) is 0 Å². The quantitative estimate of drug-likeness (QED) is 0.544. The van der Waals surface area contributed by atoms with Crippen LogP contribution >= 0.6 is 0 Å². The molecule has 8 heteroatoms. The Morgan fingerprint density at radius 3 is 2.62 bits per heavy atom. The van der Waals surface area contributed by atoms with Crippen LogP contribution in [-0.4, -0.2) is 36.7 Å². The van der Waals surface area contributed by atoms with Gasteiger partial charge >= 0.3 is 12.1 Å². The molecule has 2 atom stereocenters. The Balaban J connectivity index is 1.76. The molecule has 0 spiro atoms. The zero-order valence-electron chi connectivity index (χ0n) is 11.2. The van der Waals surface area contributed by atoms with Gasteiger partial charge in [-0.2, -0.15) is 0 Å². The van der Waals surface area contributed by atoms with Crippen molar-refractivity contribution in [3.63, 3.8) is 0 Å². The number of primary amides is 1. The standard InChI is InChI=1S/C13H16N4O4/c14-12(19)15-6-9-10(11(18)16-9)17-13(20)21-7-8-4-2-1-3-5-8/h1-5,9-10H,6-7H2,(H,16,18)(H,17,20)(H3,14,15,19). The van der Waals surface area contributed by atoms with Gasteiger partial charge in [-0.3, -0.25) is 4.79 Å². The molecule has 0 radical (unpaired) electrons. The van der Waals surface area contributed by atoms with Gasteiger partial charge in [-0.1, -0.05) is 30.3 Å². The minimum Gasteiger partial charge on any atom is -0.445 e. The molecule has 8 nitrogen and oxygen atoms in total. The number of nitrogens with two attached hydrogens (primary N) is 1. The summed E-state index contributed by atoms with van der Waals surface area (Å²) in [4.78, 5) is 33.6. The van der Waals surface area contributed by atoms with Gasteiger partial charge in [-0.15, -0.1) is 0 Å². The number of carbonyl (C=O) groups is 3. The molecule has 0 aromatic heterocycles. The Bertz CT molecular complexity index is 534. The van der Waals surface area contributed by atoms with Crippen molar-refractivity contribution in [1.82, 2.24) is 16.0 Å². The number of hydrogen-bond donors (Lipinski definition) is 4. The lowest BCUT2D eigenvalue weighted by Crippen LogP contribution is -2.72. The minimum atomic E-state index is -0.736. The number of rotatable bonds is 5. The third-order valence-electron chi connectivity index (χ3n) is 2.99. The van der Waals surface area contributed by atoms with Crippen molar-refractivity contribution in [3.8, 4) is 0 Å². The molecular formula is C13H16N4O4. The molecule has 1 aliphatic heterocycles. The first kappa shape index (κ1) is 14.6. The third kappa shape index (κ3) is 4.10. The molecule has 1 aliphatic rings. The Morgan fingerprint density at radius 1 is 1.29 bits per heavy atom. The highest BCUT2D eigenvalue weighted by Crippen LogP contribution is 2.06. The average molecular weight is 292 g/mol. The van der Waals surface area contributed by atoms with Gasteiger partial charge in [0.25, 0.3) is 0 Å². The summed E-state index contributed by atoms with van der Waals surface area (Å²) in [6.45, 7) is 0.260. The molecule has 2 rings (SSSR count).